The van der Waals surface area contributed by atoms with E-state index in [1.807, 2.05) is 0 Å². The Balaban J connectivity index is 2.03. The maximum absolute atomic E-state index is 5.85. The fraction of sp³-hybridized carbons (Fsp3) is 1.00. The van der Waals surface area contributed by atoms with E-state index in [1.165, 1.54) is 45.3 Å². The van der Waals surface area contributed by atoms with Gasteiger partial charge in [0.15, 0.2) is 0 Å². The van der Waals surface area contributed by atoms with E-state index in [9.17, 15) is 0 Å². The van der Waals surface area contributed by atoms with Crippen LogP contribution < -0.4 is 5.32 Å². The van der Waals surface area contributed by atoms with Crippen molar-refractivity contribution in [1.29, 1.82) is 0 Å². The molecule has 0 spiro atoms. The first-order valence-electron chi connectivity index (χ1n) is 7.41. The molecule has 0 bridgehead atoms. The van der Waals surface area contributed by atoms with Gasteiger partial charge in [-0.15, -0.1) is 0 Å². The van der Waals surface area contributed by atoms with Crippen molar-refractivity contribution in [3.63, 3.8) is 0 Å². The quantitative estimate of drug-likeness (QED) is 0.628. The standard InChI is InChI=1S/C14H30N2O/c1-3-12-17-14-8-7-11-16(13-14)10-6-5-9-15-4-2/h14-15H,3-13H2,1-2H3. The van der Waals surface area contributed by atoms with E-state index in [2.05, 4.69) is 24.1 Å². The molecule has 0 aromatic heterocycles. The van der Waals surface area contributed by atoms with Crippen LogP contribution in [0.2, 0.25) is 0 Å². The van der Waals surface area contributed by atoms with Crippen molar-refractivity contribution < 1.29 is 4.74 Å². The molecule has 1 saturated heterocycles. The van der Waals surface area contributed by atoms with Crippen LogP contribution in [0.25, 0.3) is 0 Å². The predicted octanol–water partition coefficient (Wildman–Crippen LogP) is 2.27. The number of unbranched alkanes of at least 4 members (excludes halogenated alkanes) is 1. The molecule has 1 rings (SSSR count). The molecule has 1 N–H and O–H groups in total. The Kier molecular flexibility index (Phi) is 8.67. The Morgan fingerprint density at radius 2 is 2.18 bits per heavy atom. The average molecular weight is 242 g/mol. The van der Waals surface area contributed by atoms with Gasteiger partial charge in [0.25, 0.3) is 0 Å². The summed E-state index contributed by atoms with van der Waals surface area (Å²) < 4.78 is 5.85. The van der Waals surface area contributed by atoms with Crippen LogP contribution in [0.5, 0.6) is 0 Å². The SMILES string of the molecule is CCCOC1CCCN(CCCCNCC)C1. The predicted molar refractivity (Wildman–Crippen MR) is 73.5 cm³/mol. The van der Waals surface area contributed by atoms with E-state index >= 15 is 0 Å². The van der Waals surface area contributed by atoms with Gasteiger partial charge in [0.2, 0.25) is 0 Å². The molecule has 3 heteroatoms. The lowest BCUT2D eigenvalue weighted by Crippen LogP contribution is -2.40. The van der Waals surface area contributed by atoms with Crippen LogP contribution in [0.1, 0.15) is 46.0 Å². The van der Waals surface area contributed by atoms with Gasteiger partial charge in [-0.2, -0.15) is 0 Å². The smallest absolute Gasteiger partial charge is 0.0702 e. The third-order valence-corrected chi connectivity index (χ3v) is 3.35. The van der Waals surface area contributed by atoms with Gasteiger partial charge < -0.3 is 15.0 Å². The molecule has 17 heavy (non-hydrogen) atoms. The first kappa shape index (κ1) is 14.9. The van der Waals surface area contributed by atoms with E-state index in [1.54, 1.807) is 0 Å². The number of ether oxygens (including phenoxy) is 1. The second-order valence-electron chi connectivity index (χ2n) is 5.00. The minimum absolute atomic E-state index is 0.498. The van der Waals surface area contributed by atoms with Crippen LogP contribution >= 0.6 is 0 Å². The number of hydrogen-bond donors (Lipinski definition) is 1. The molecule has 1 aliphatic heterocycles. The highest BCUT2D eigenvalue weighted by molar-refractivity contribution is 4.73. The van der Waals surface area contributed by atoms with Crippen LogP contribution in [-0.4, -0.2) is 50.3 Å². The number of piperidine rings is 1. The zero-order valence-corrected chi connectivity index (χ0v) is 11.7. The summed E-state index contributed by atoms with van der Waals surface area (Å²) in [5.41, 5.74) is 0. The minimum Gasteiger partial charge on any atom is -0.377 e. The average Bonchev–Trinajstić information content (AvgIpc) is 2.37. The molecule has 0 radical (unpaired) electrons. The first-order chi connectivity index (χ1) is 8.36. The van der Waals surface area contributed by atoms with Gasteiger partial charge in [0.1, 0.15) is 0 Å². The summed E-state index contributed by atoms with van der Waals surface area (Å²) in [6.45, 7) is 11.2. The lowest BCUT2D eigenvalue weighted by Gasteiger charge is -2.32. The van der Waals surface area contributed by atoms with Crippen molar-refractivity contribution in [2.24, 2.45) is 0 Å². The Labute approximate surface area is 107 Å². The number of nitrogens with zero attached hydrogens (tertiary/aromatic N) is 1. The van der Waals surface area contributed by atoms with Crippen molar-refractivity contribution in [2.45, 2.75) is 52.1 Å². The Morgan fingerprint density at radius 3 is 2.94 bits per heavy atom. The molecule has 1 unspecified atom stereocenters. The molecule has 0 amide bonds. The van der Waals surface area contributed by atoms with Crippen molar-refractivity contribution >= 4 is 0 Å². The zero-order valence-electron chi connectivity index (χ0n) is 11.7. The summed E-state index contributed by atoms with van der Waals surface area (Å²) in [6, 6.07) is 0. The number of hydrogen-bond acceptors (Lipinski definition) is 3. The van der Waals surface area contributed by atoms with Gasteiger partial charge in [0, 0.05) is 13.2 Å². The van der Waals surface area contributed by atoms with E-state index in [0.29, 0.717) is 6.10 Å². The molecular formula is C14H30N2O. The van der Waals surface area contributed by atoms with Gasteiger partial charge >= 0.3 is 0 Å². The van der Waals surface area contributed by atoms with Gasteiger partial charge in [-0.3, -0.25) is 0 Å². The monoisotopic (exact) mass is 242 g/mol. The van der Waals surface area contributed by atoms with Gasteiger partial charge in [-0.05, 0) is 58.3 Å². The Morgan fingerprint density at radius 1 is 1.29 bits per heavy atom. The zero-order chi connectivity index (χ0) is 12.3. The number of rotatable bonds is 9. The second kappa shape index (κ2) is 9.86. The van der Waals surface area contributed by atoms with Crippen LogP contribution in [0.3, 0.4) is 0 Å². The van der Waals surface area contributed by atoms with Crippen molar-refractivity contribution in [1.82, 2.24) is 10.2 Å². The van der Waals surface area contributed by atoms with Gasteiger partial charge in [0.05, 0.1) is 6.10 Å². The summed E-state index contributed by atoms with van der Waals surface area (Å²) >= 11 is 0. The molecule has 1 aliphatic rings. The summed E-state index contributed by atoms with van der Waals surface area (Å²) in [7, 11) is 0. The molecule has 102 valence electrons. The highest BCUT2D eigenvalue weighted by Crippen LogP contribution is 2.13. The molecule has 1 fully saturated rings. The lowest BCUT2D eigenvalue weighted by atomic mass is 10.1. The summed E-state index contributed by atoms with van der Waals surface area (Å²) in [4.78, 5) is 2.58. The number of nitrogens with one attached hydrogen (secondary N) is 1. The lowest BCUT2D eigenvalue weighted by molar-refractivity contribution is -0.000315. The topological polar surface area (TPSA) is 24.5 Å². The Hall–Kier alpha value is -0.120. The molecule has 0 aromatic rings. The third kappa shape index (κ3) is 7.02. The summed E-state index contributed by atoms with van der Waals surface area (Å²) in [5, 5.41) is 3.38. The molecule has 3 nitrogen and oxygen atoms in total. The third-order valence-electron chi connectivity index (χ3n) is 3.35. The molecule has 1 atom stereocenters. The van der Waals surface area contributed by atoms with Crippen molar-refractivity contribution in [3.8, 4) is 0 Å². The first-order valence-corrected chi connectivity index (χ1v) is 7.41. The highest BCUT2D eigenvalue weighted by atomic mass is 16.5. The summed E-state index contributed by atoms with van der Waals surface area (Å²) in [5.74, 6) is 0. The summed E-state index contributed by atoms with van der Waals surface area (Å²) in [6.07, 6.45) is 6.81. The van der Waals surface area contributed by atoms with Crippen molar-refractivity contribution in [2.75, 3.05) is 39.3 Å². The molecule has 1 heterocycles. The van der Waals surface area contributed by atoms with Crippen molar-refractivity contribution in [3.05, 3.63) is 0 Å². The molecule has 0 aromatic carbocycles. The fourth-order valence-electron chi connectivity index (χ4n) is 2.40. The molecular weight excluding hydrogens is 212 g/mol. The van der Waals surface area contributed by atoms with Crippen LogP contribution in [0.15, 0.2) is 0 Å². The largest absolute Gasteiger partial charge is 0.377 e. The molecule has 0 aliphatic carbocycles. The van der Waals surface area contributed by atoms with E-state index in [0.717, 1.165) is 26.1 Å². The second-order valence-corrected chi connectivity index (χ2v) is 5.00. The van der Waals surface area contributed by atoms with E-state index in [-0.39, 0.29) is 0 Å². The fourth-order valence-corrected chi connectivity index (χ4v) is 2.40. The van der Waals surface area contributed by atoms with E-state index in [4.69, 9.17) is 4.74 Å². The Bertz CT molecular complexity index is 176. The number of likely N-dealkylation sites (tertiary alicyclic amines) is 1. The highest BCUT2D eigenvalue weighted by Gasteiger charge is 2.19. The van der Waals surface area contributed by atoms with Crippen LogP contribution in [0.4, 0.5) is 0 Å². The van der Waals surface area contributed by atoms with E-state index < -0.39 is 0 Å². The van der Waals surface area contributed by atoms with Crippen LogP contribution in [0, 0.1) is 0 Å². The maximum Gasteiger partial charge on any atom is 0.0702 e. The normalized spacial score (nSPS) is 21.9. The maximum atomic E-state index is 5.85. The van der Waals surface area contributed by atoms with Gasteiger partial charge in [-0.25, -0.2) is 0 Å². The minimum atomic E-state index is 0.498. The van der Waals surface area contributed by atoms with Gasteiger partial charge in [-0.1, -0.05) is 13.8 Å². The van der Waals surface area contributed by atoms with Crippen LogP contribution in [-0.2, 0) is 4.74 Å². The molecule has 0 saturated carbocycles.